The first-order valence-electron chi connectivity index (χ1n) is 25.3. The fourth-order valence-corrected chi connectivity index (χ4v) is 6.26. The third-order valence-corrected chi connectivity index (χ3v) is 10.00. The molecule has 0 aromatic carbocycles. The Labute approximate surface area is 392 Å². The van der Waals surface area contributed by atoms with E-state index in [9.17, 15) is 14.4 Å². The van der Waals surface area contributed by atoms with Gasteiger partial charge in [0.25, 0.3) is 0 Å². The van der Waals surface area contributed by atoms with E-state index in [1.165, 1.54) is 51.4 Å². The molecule has 0 heterocycles. The summed E-state index contributed by atoms with van der Waals surface area (Å²) in [6.07, 6.45) is 71.5. The first-order chi connectivity index (χ1) is 31.5. The predicted octanol–water partition coefficient (Wildman–Crippen LogP) is 16.7. The first-order valence-corrected chi connectivity index (χ1v) is 25.3. The number of hydrogen-bond acceptors (Lipinski definition) is 6. The van der Waals surface area contributed by atoms with Crippen LogP contribution in [0, 0.1) is 0 Å². The number of carbonyl (C=O) groups is 3. The maximum Gasteiger partial charge on any atom is 0.306 e. The summed E-state index contributed by atoms with van der Waals surface area (Å²) < 4.78 is 16.7. The van der Waals surface area contributed by atoms with Crippen molar-refractivity contribution in [3.63, 3.8) is 0 Å². The van der Waals surface area contributed by atoms with Gasteiger partial charge in [0.2, 0.25) is 0 Å². The van der Waals surface area contributed by atoms with Gasteiger partial charge >= 0.3 is 17.9 Å². The SMILES string of the molecule is CC/C=C/C=C/C=C/C=C/C=C/CCCC(=O)OCC(COC(=O)CCCCCCCCC/C=C/C/C=C/CCCCC)OC(=O)CCCCC/C=C/C/C=C/C/C=C/C/C=C/CC. The van der Waals surface area contributed by atoms with Gasteiger partial charge < -0.3 is 14.2 Å². The molecular weight excluding hydrogens is 793 g/mol. The van der Waals surface area contributed by atoms with E-state index in [1.807, 2.05) is 54.7 Å². The van der Waals surface area contributed by atoms with Gasteiger partial charge in [-0.15, -0.1) is 0 Å². The van der Waals surface area contributed by atoms with Gasteiger partial charge in [-0.1, -0.05) is 206 Å². The van der Waals surface area contributed by atoms with Gasteiger partial charge in [-0.05, 0) is 103 Å². The van der Waals surface area contributed by atoms with E-state index in [4.69, 9.17) is 14.2 Å². The standard InChI is InChI=1S/C58H90O6/c1-4-7-10-13-16-19-22-25-27-29-31-33-36-39-42-45-48-51-57(60)63-54-55(53-62-56(59)50-47-44-41-38-35-32-24-21-18-15-12-9-6-3)64-58(61)52-49-46-43-40-37-34-30-28-26-23-20-17-14-11-8-5-2/h8-9,11-12,15-21,24-28,32,34-35,37-38,41,55H,4-7,10,13-14,22-23,29-31,33,36,39-40,42-54H2,1-3H3/b11-8+,12-9+,18-15+,19-16+,20-17+,24-21+,27-25+,28-26+,35-32+,37-34+,41-38+. The molecule has 0 saturated carbocycles. The predicted molar refractivity (Wildman–Crippen MR) is 274 cm³/mol. The molecule has 0 aliphatic rings. The summed E-state index contributed by atoms with van der Waals surface area (Å²) in [6, 6.07) is 0. The summed E-state index contributed by atoms with van der Waals surface area (Å²) in [4.78, 5) is 37.9. The quantitative estimate of drug-likeness (QED) is 0.0200. The molecule has 0 radical (unpaired) electrons. The van der Waals surface area contributed by atoms with Crippen molar-refractivity contribution in [3.05, 3.63) is 134 Å². The average molecular weight is 883 g/mol. The lowest BCUT2D eigenvalue weighted by Crippen LogP contribution is -2.30. The van der Waals surface area contributed by atoms with Crippen LogP contribution in [-0.4, -0.2) is 37.2 Å². The van der Waals surface area contributed by atoms with Crippen LogP contribution in [0.4, 0.5) is 0 Å². The molecule has 0 aliphatic heterocycles. The summed E-state index contributed by atoms with van der Waals surface area (Å²) in [5.74, 6) is -1.05. The van der Waals surface area contributed by atoms with Crippen molar-refractivity contribution in [2.24, 2.45) is 0 Å². The van der Waals surface area contributed by atoms with E-state index in [0.717, 1.165) is 89.9 Å². The fraction of sp³-hybridized carbons (Fsp3) is 0.569. The highest BCUT2D eigenvalue weighted by Gasteiger charge is 2.19. The molecule has 0 N–H and O–H groups in total. The summed E-state index contributed by atoms with van der Waals surface area (Å²) in [5, 5.41) is 0. The summed E-state index contributed by atoms with van der Waals surface area (Å²) in [5.41, 5.74) is 0. The largest absolute Gasteiger partial charge is 0.462 e. The average Bonchev–Trinajstić information content (AvgIpc) is 3.29. The lowest BCUT2D eigenvalue weighted by molar-refractivity contribution is -0.167. The highest BCUT2D eigenvalue weighted by Crippen LogP contribution is 2.12. The van der Waals surface area contributed by atoms with Gasteiger partial charge in [-0.2, -0.15) is 0 Å². The Bertz CT molecular complexity index is 1430. The van der Waals surface area contributed by atoms with Crippen LogP contribution in [0.3, 0.4) is 0 Å². The minimum atomic E-state index is -0.831. The zero-order valence-corrected chi connectivity index (χ0v) is 40.7. The van der Waals surface area contributed by atoms with Crippen LogP contribution in [0.25, 0.3) is 0 Å². The second-order valence-electron chi connectivity index (χ2n) is 16.1. The van der Waals surface area contributed by atoms with Gasteiger partial charge in [-0.25, -0.2) is 0 Å². The molecule has 0 rings (SSSR count). The molecule has 358 valence electrons. The topological polar surface area (TPSA) is 78.9 Å². The Hall–Kier alpha value is -4.45. The van der Waals surface area contributed by atoms with E-state index >= 15 is 0 Å². The number of rotatable bonds is 43. The maximum atomic E-state index is 12.8. The second-order valence-corrected chi connectivity index (χ2v) is 16.1. The van der Waals surface area contributed by atoms with Crippen LogP contribution in [0.5, 0.6) is 0 Å². The number of unbranched alkanes of at least 4 members (excludes halogenated alkanes) is 14. The third kappa shape index (κ3) is 48.6. The molecule has 0 saturated heterocycles. The van der Waals surface area contributed by atoms with E-state index in [0.29, 0.717) is 19.3 Å². The van der Waals surface area contributed by atoms with Crippen LogP contribution in [0.2, 0.25) is 0 Å². The smallest absolute Gasteiger partial charge is 0.306 e. The van der Waals surface area contributed by atoms with Gasteiger partial charge in [0, 0.05) is 19.3 Å². The van der Waals surface area contributed by atoms with E-state index in [2.05, 4.69) is 99.8 Å². The Morgan fingerprint density at radius 1 is 0.344 bits per heavy atom. The van der Waals surface area contributed by atoms with Crippen molar-refractivity contribution in [3.8, 4) is 0 Å². The lowest BCUT2D eigenvalue weighted by Gasteiger charge is -2.18. The first kappa shape index (κ1) is 59.5. The zero-order chi connectivity index (χ0) is 46.5. The van der Waals surface area contributed by atoms with Gasteiger partial charge in [0.05, 0.1) is 0 Å². The molecule has 0 aliphatic carbocycles. The number of allylic oxidation sites excluding steroid dienone is 22. The van der Waals surface area contributed by atoms with Crippen LogP contribution in [0.1, 0.15) is 194 Å². The van der Waals surface area contributed by atoms with Crippen molar-refractivity contribution < 1.29 is 28.6 Å². The number of carbonyl (C=O) groups excluding carboxylic acids is 3. The molecule has 0 fully saturated rings. The number of hydrogen-bond donors (Lipinski definition) is 0. The third-order valence-electron chi connectivity index (χ3n) is 10.00. The van der Waals surface area contributed by atoms with E-state index in [1.54, 1.807) is 0 Å². The summed E-state index contributed by atoms with van der Waals surface area (Å²) in [7, 11) is 0. The number of ether oxygens (including phenoxy) is 3. The fourth-order valence-electron chi connectivity index (χ4n) is 6.26. The molecule has 0 aromatic heterocycles. The van der Waals surface area contributed by atoms with Crippen molar-refractivity contribution in [1.82, 2.24) is 0 Å². The van der Waals surface area contributed by atoms with Crippen molar-refractivity contribution in [1.29, 1.82) is 0 Å². The molecule has 6 heteroatoms. The lowest BCUT2D eigenvalue weighted by atomic mass is 10.1. The summed E-state index contributed by atoms with van der Waals surface area (Å²) in [6.45, 7) is 6.23. The van der Waals surface area contributed by atoms with Gasteiger partial charge in [0.1, 0.15) is 13.2 Å². The molecule has 6 nitrogen and oxygen atoms in total. The molecule has 0 aromatic rings. The minimum Gasteiger partial charge on any atom is -0.462 e. The van der Waals surface area contributed by atoms with Crippen molar-refractivity contribution in [2.75, 3.05) is 13.2 Å². The molecular formula is C58H90O6. The molecule has 1 unspecified atom stereocenters. The van der Waals surface area contributed by atoms with Crippen LogP contribution >= 0.6 is 0 Å². The molecule has 0 bridgehead atoms. The van der Waals surface area contributed by atoms with Gasteiger partial charge in [0.15, 0.2) is 6.10 Å². The molecule has 0 amide bonds. The second kappa shape index (κ2) is 51.2. The van der Waals surface area contributed by atoms with Crippen LogP contribution in [-0.2, 0) is 28.6 Å². The molecule has 0 spiro atoms. The molecule has 64 heavy (non-hydrogen) atoms. The van der Waals surface area contributed by atoms with Gasteiger partial charge in [-0.3, -0.25) is 14.4 Å². The Morgan fingerprint density at radius 2 is 0.703 bits per heavy atom. The molecule has 1 atom stereocenters. The zero-order valence-electron chi connectivity index (χ0n) is 40.7. The normalized spacial score (nSPS) is 13.2. The highest BCUT2D eigenvalue weighted by atomic mass is 16.6. The Kier molecular flexibility index (Phi) is 47.6. The van der Waals surface area contributed by atoms with Crippen molar-refractivity contribution >= 4 is 17.9 Å². The highest BCUT2D eigenvalue weighted by molar-refractivity contribution is 5.71. The monoisotopic (exact) mass is 883 g/mol. The minimum absolute atomic E-state index is 0.123. The maximum absolute atomic E-state index is 12.8. The van der Waals surface area contributed by atoms with Crippen LogP contribution < -0.4 is 0 Å². The summed E-state index contributed by atoms with van der Waals surface area (Å²) >= 11 is 0. The van der Waals surface area contributed by atoms with E-state index < -0.39 is 6.10 Å². The Morgan fingerprint density at radius 3 is 1.20 bits per heavy atom. The van der Waals surface area contributed by atoms with E-state index in [-0.39, 0.29) is 44.0 Å². The number of esters is 3. The van der Waals surface area contributed by atoms with Crippen molar-refractivity contribution in [2.45, 2.75) is 200 Å². The Balaban J connectivity index is 4.57. The van der Waals surface area contributed by atoms with Crippen LogP contribution in [0.15, 0.2) is 134 Å².